The molecule has 0 amide bonds. The smallest absolute Gasteiger partial charge is 0.0233 e. The highest BCUT2D eigenvalue weighted by Gasteiger charge is 1.86. The summed E-state index contributed by atoms with van der Waals surface area (Å²) in [5.41, 5.74) is 4.68. The van der Waals surface area contributed by atoms with Gasteiger partial charge in [-0.3, -0.25) is 0 Å². The molecular formula is C18H20. The van der Waals surface area contributed by atoms with Crippen LogP contribution in [0, 0.1) is 0 Å². The van der Waals surface area contributed by atoms with E-state index in [4.69, 9.17) is 0 Å². The van der Waals surface area contributed by atoms with Gasteiger partial charge in [0.1, 0.15) is 0 Å². The van der Waals surface area contributed by atoms with Crippen LogP contribution in [0.25, 0.3) is 11.1 Å². The molecule has 0 aliphatic heterocycles. The van der Waals surface area contributed by atoms with Crippen molar-refractivity contribution >= 4 is 11.1 Å². The summed E-state index contributed by atoms with van der Waals surface area (Å²) in [6.45, 7) is 11.7. The Bertz CT molecular complexity index is 443. The van der Waals surface area contributed by atoms with Crippen molar-refractivity contribution in [2.75, 3.05) is 0 Å². The van der Waals surface area contributed by atoms with Gasteiger partial charge in [0, 0.05) is 0 Å². The first-order valence-electron chi connectivity index (χ1n) is 6.03. The van der Waals surface area contributed by atoms with Crippen LogP contribution in [0.2, 0.25) is 0 Å². The lowest BCUT2D eigenvalue weighted by molar-refractivity contribution is 1.58. The normalized spacial score (nSPS) is 9.00. The highest BCUT2D eigenvalue weighted by Crippen LogP contribution is 2.09. The molecule has 0 heterocycles. The molecule has 18 heavy (non-hydrogen) atoms. The Morgan fingerprint density at radius 3 is 1.06 bits per heavy atom. The lowest BCUT2D eigenvalue weighted by atomic mass is 10.1. The van der Waals surface area contributed by atoms with Crippen molar-refractivity contribution in [3.05, 3.63) is 84.9 Å². The maximum absolute atomic E-state index is 3.83. The molecular weight excluding hydrogens is 216 g/mol. The monoisotopic (exact) mass is 236 g/mol. The number of allylic oxidation sites excluding steroid dienone is 2. The minimum absolute atomic E-state index is 1.12. The third kappa shape index (κ3) is 4.84. The Kier molecular flexibility index (Phi) is 5.66. The van der Waals surface area contributed by atoms with Gasteiger partial charge in [-0.1, -0.05) is 85.0 Å². The Balaban J connectivity index is 0.000000180. The Labute approximate surface area is 110 Å². The summed E-state index contributed by atoms with van der Waals surface area (Å²) in [5.74, 6) is 0. The van der Waals surface area contributed by atoms with E-state index in [2.05, 4.69) is 37.4 Å². The first-order valence-corrected chi connectivity index (χ1v) is 6.03. The highest BCUT2D eigenvalue weighted by atomic mass is 13.9. The quantitative estimate of drug-likeness (QED) is 0.651. The molecule has 0 nitrogen and oxygen atoms in total. The van der Waals surface area contributed by atoms with Crippen LogP contribution < -0.4 is 0 Å². The molecule has 92 valence electrons. The maximum Gasteiger partial charge on any atom is -0.0233 e. The molecule has 0 aromatic heterocycles. The fourth-order valence-corrected chi connectivity index (χ4v) is 1.45. The maximum atomic E-state index is 3.83. The van der Waals surface area contributed by atoms with E-state index in [1.165, 1.54) is 11.1 Å². The molecule has 0 aliphatic rings. The van der Waals surface area contributed by atoms with Gasteiger partial charge in [0.2, 0.25) is 0 Å². The van der Waals surface area contributed by atoms with Crippen molar-refractivity contribution < 1.29 is 0 Å². The zero-order valence-corrected chi connectivity index (χ0v) is 11.2. The molecule has 0 unspecified atom stereocenters. The topological polar surface area (TPSA) is 0 Å². The Morgan fingerprint density at radius 2 is 0.889 bits per heavy atom. The molecule has 0 saturated carbocycles. The average molecular weight is 236 g/mol. The number of benzene rings is 2. The number of rotatable bonds is 2. The van der Waals surface area contributed by atoms with Crippen LogP contribution in [-0.4, -0.2) is 0 Å². The molecule has 0 spiro atoms. The highest BCUT2D eigenvalue weighted by molar-refractivity contribution is 5.61. The van der Waals surface area contributed by atoms with Crippen LogP contribution in [0.1, 0.15) is 25.0 Å². The SMILES string of the molecule is C=C(C)c1ccccc1.C=C(C)c1ccccc1. The minimum atomic E-state index is 1.12. The third-order valence-electron chi connectivity index (χ3n) is 2.53. The summed E-state index contributed by atoms with van der Waals surface area (Å²) in [7, 11) is 0. The molecule has 2 aromatic carbocycles. The van der Waals surface area contributed by atoms with E-state index in [9.17, 15) is 0 Å². The summed E-state index contributed by atoms with van der Waals surface area (Å²) in [6.07, 6.45) is 0. The van der Waals surface area contributed by atoms with E-state index in [1.807, 2.05) is 50.2 Å². The fourth-order valence-electron chi connectivity index (χ4n) is 1.45. The molecule has 0 atom stereocenters. The van der Waals surface area contributed by atoms with Crippen molar-refractivity contribution in [1.82, 2.24) is 0 Å². The average Bonchev–Trinajstić information content (AvgIpc) is 2.41. The van der Waals surface area contributed by atoms with Crippen LogP contribution in [0.4, 0.5) is 0 Å². The van der Waals surface area contributed by atoms with Crippen molar-refractivity contribution in [2.45, 2.75) is 13.8 Å². The van der Waals surface area contributed by atoms with E-state index < -0.39 is 0 Å². The molecule has 0 saturated heterocycles. The second kappa shape index (κ2) is 7.29. The number of hydrogen-bond donors (Lipinski definition) is 0. The van der Waals surface area contributed by atoms with Crippen LogP contribution in [-0.2, 0) is 0 Å². The van der Waals surface area contributed by atoms with E-state index in [0.717, 1.165) is 11.1 Å². The summed E-state index contributed by atoms with van der Waals surface area (Å²) in [6, 6.07) is 20.3. The molecule has 2 aromatic rings. The Hall–Kier alpha value is -2.08. The van der Waals surface area contributed by atoms with Gasteiger partial charge >= 0.3 is 0 Å². The second-order valence-electron chi connectivity index (χ2n) is 4.29. The fraction of sp³-hybridized carbons (Fsp3) is 0.111. The molecule has 0 heteroatoms. The van der Waals surface area contributed by atoms with Gasteiger partial charge in [-0.25, -0.2) is 0 Å². The predicted octanol–water partition coefficient (Wildman–Crippen LogP) is 5.44. The van der Waals surface area contributed by atoms with E-state index in [1.54, 1.807) is 0 Å². The van der Waals surface area contributed by atoms with Gasteiger partial charge in [0.05, 0.1) is 0 Å². The van der Waals surface area contributed by atoms with Crippen molar-refractivity contribution in [3.63, 3.8) is 0 Å². The summed E-state index contributed by atoms with van der Waals surface area (Å²) in [4.78, 5) is 0. The first kappa shape index (κ1) is 14.0. The zero-order valence-electron chi connectivity index (χ0n) is 11.2. The van der Waals surface area contributed by atoms with E-state index >= 15 is 0 Å². The molecule has 0 bridgehead atoms. The van der Waals surface area contributed by atoms with Crippen LogP contribution in [0.5, 0.6) is 0 Å². The van der Waals surface area contributed by atoms with Crippen molar-refractivity contribution in [3.8, 4) is 0 Å². The van der Waals surface area contributed by atoms with Crippen molar-refractivity contribution in [1.29, 1.82) is 0 Å². The molecule has 0 fully saturated rings. The summed E-state index contributed by atoms with van der Waals surface area (Å²) < 4.78 is 0. The van der Waals surface area contributed by atoms with Gasteiger partial charge in [0.15, 0.2) is 0 Å². The van der Waals surface area contributed by atoms with Gasteiger partial charge in [-0.05, 0) is 25.0 Å². The van der Waals surface area contributed by atoms with E-state index in [0.29, 0.717) is 0 Å². The lowest BCUT2D eigenvalue weighted by Gasteiger charge is -1.94. The molecule has 2 rings (SSSR count). The Morgan fingerprint density at radius 1 is 0.611 bits per heavy atom. The molecule has 0 N–H and O–H groups in total. The van der Waals surface area contributed by atoms with Crippen molar-refractivity contribution in [2.24, 2.45) is 0 Å². The summed E-state index contributed by atoms with van der Waals surface area (Å²) >= 11 is 0. The van der Waals surface area contributed by atoms with Gasteiger partial charge in [-0.2, -0.15) is 0 Å². The minimum Gasteiger partial charge on any atom is -0.0955 e. The van der Waals surface area contributed by atoms with Crippen LogP contribution in [0.3, 0.4) is 0 Å². The van der Waals surface area contributed by atoms with Gasteiger partial charge in [0.25, 0.3) is 0 Å². The largest absolute Gasteiger partial charge is 0.0955 e. The molecule has 0 aliphatic carbocycles. The number of hydrogen-bond acceptors (Lipinski definition) is 0. The van der Waals surface area contributed by atoms with Crippen LogP contribution >= 0.6 is 0 Å². The second-order valence-corrected chi connectivity index (χ2v) is 4.29. The summed E-state index contributed by atoms with van der Waals surface area (Å²) in [5, 5.41) is 0. The third-order valence-corrected chi connectivity index (χ3v) is 2.53. The molecule has 0 radical (unpaired) electrons. The van der Waals surface area contributed by atoms with Gasteiger partial charge in [-0.15, -0.1) is 0 Å². The lowest BCUT2D eigenvalue weighted by Crippen LogP contribution is -1.72. The standard InChI is InChI=1S/2C9H10/c2*1-8(2)9-6-4-3-5-7-9/h2*3-7H,1H2,2H3. The zero-order chi connectivity index (χ0) is 13.4. The van der Waals surface area contributed by atoms with Gasteiger partial charge < -0.3 is 0 Å². The predicted molar refractivity (Wildman–Crippen MR) is 82.3 cm³/mol. The first-order chi connectivity index (χ1) is 8.61. The van der Waals surface area contributed by atoms with E-state index in [-0.39, 0.29) is 0 Å². The van der Waals surface area contributed by atoms with Crippen LogP contribution in [0.15, 0.2) is 73.8 Å².